The van der Waals surface area contributed by atoms with Gasteiger partial charge < -0.3 is 5.11 Å². The molecule has 0 aromatic heterocycles. The van der Waals surface area contributed by atoms with Crippen LogP contribution in [0, 0.1) is 10.1 Å². The van der Waals surface area contributed by atoms with E-state index in [1.807, 2.05) is 0 Å². The summed E-state index contributed by atoms with van der Waals surface area (Å²) < 4.78 is 27.4. The molecule has 0 fully saturated rings. The van der Waals surface area contributed by atoms with Crippen LogP contribution in [-0.2, 0) is 14.8 Å². The van der Waals surface area contributed by atoms with E-state index in [0.29, 0.717) is 4.47 Å². The molecule has 0 heterocycles. The van der Waals surface area contributed by atoms with Crippen LogP contribution in [0.2, 0.25) is 5.02 Å². The molecule has 2 aromatic carbocycles. The van der Waals surface area contributed by atoms with E-state index in [-0.39, 0.29) is 21.3 Å². The Morgan fingerprint density at radius 3 is 2.38 bits per heavy atom. The molecule has 8 nitrogen and oxygen atoms in total. The fourth-order valence-electron chi connectivity index (χ4n) is 2.11. The van der Waals surface area contributed by atoms with Gasteiger partial charge >= 0.3 is 5.97 Å². The lowest BCUT2D eigenvalue weighted by molar-refractivity contribution is -0.384. The minimum absolute atomic E-state index is 0.0540. The maximum absolute atomic E-state index is 13.0. The molecule has 0 saturated carbocycles. The van der Waals surface area contributed by atoms with Crippen LogP contribution in [0.15, 0.2) is 51.8 Å². The number of carbonyl (C=O) groups is 1. The van der Waals surface area contributed by atoms with Gasteiger partial charge in [-0.15, -0.1) is 0 Å². The van der Waals surface area contributed by atoms with Crippen molar-refractivity contribution in [2.24, 2.45) is 0 Å². The molecule has 1 N–H and O–H groups in total. The smallest absolute Gasteiger partial charge is 0.305 e. The Labute approximate surface area is 162 Å². The van der Waals surface area contributed by atoms with E-state index in [4.69, 9.17) is 16.7 Å². The molecule has 0 aliphatic rings. The Balaban J connectivity index is 2.60. The average molecular weight is 464 g/mol. The largest absolute Gasteiger partial charge is 0.481 e. The predicted molar refractivity (Wildman–Crippen MR) is 99.0 cm³/mol. The summed E-state index contributed by atoms with van der Waals surface area (Å²) in [7, 11) is -4.19. The number of rotatable bonds is 7. The van der Waals surface area contributed by atoms with Crippen molar-refractivity contribution < 1.29 is 23.2 Å². The second-order valence-corrected chi connectivity index (χ2v) is 8.25. The van der Waals surface area contributed by atoms with Gasteiger partial charge in [0.05, 0.1) is 26.9 Å². The van der Waals surface area contributed by atoms with Gasteiger partial charge in [0.25, 0.3) is 15.7 Å². The topological polar surface area (TPSA) is 118 Å². The summed E-state index contributed by atoms with van der Waals surface area (Å²) in [6.45, 7) is -0.436. The molecule has 2 aromatic rings. The van der Waals surface area contributed by atoms with Gasteiger partial charge in [0.1, 0.15) is 0 Å². The van der Waals surface area contributed by atoms with Crippen molar-refractivity contribution in [2.75, 3.05) is 10.8 Å². The number of nitro benzene ring substituents is 1. The van der Waals surface area contributed by atoms with Crippen LogP contribution in [0.1, 0.15) is 6.42 Å². The highest BCUT2D eigenvalue weighted by Crippen LogP contribution is 2.34. The van der Waals surface area contributed by atoms with Crippen molar-refractivity contribution in [1.82, 2.24) is 0 Å². The van der Waals surface area contributed by atoms with Crippen molar-refractivity contribution in [2.45, 2.75) is 11.3 Å². The summed E-state index contributed by atoms with van der Waals surface area (Å²) in [5.74, 6) is -1.22. The molecule has 0 amide bonds. The quantitative estimate of drug-likeness (QED) is 0.494. The number of halogens is 2. The minimum atomic E-state index is -4.19. The third kappa shape index (κ3) is 4.51. The van der Waals surface area contributed by atoms with Gasteiger partial charge in [-0.05, 0) is 30.3 Å². The third-order valence-electron chi connectivity index (χ3n) is 3.34. The molecule has 0 aliphatic carbocycles. The third-order valence-corrected chi connectivity index (χ3v) is 6.02. The average Bonchev–Trinajstić information content (AvgIpc) is 2.56. The molecule has 2 rings (SSSR count). The molecule has 0 aliphatic heterocycles. The first-order valence-corrected chi connectivity index (χ1v) is 9.68. The predicted octanol–water partition coefficient (Wildman–Crippen LogP) is 3.68. The molecule has 0 spiro atoms. The number of hydrogen-bond donors (Lipinski definition) is 1. The Hall–Kier alpha value is -2.17. The summed E-state index contributed by atoms with van der Waals surface area (Å²) in [6.07, 6.45) is -0.505. The normalized spacial score (nSPS) is 11.2. The van der Waals surface area contributed by atoms with Gasteiger partial charge in [-0.1, -0.05) is 27.5 Å². The van der Waals surface area contributed by atoms with Gasteiger partial charge in [0.15, 0.2) is 0 Å². The summed E-state index contributed by atoms with van der Waals surface area (Å²) in [4.78, 5) is 21.1. The van der Waals surface area contributed by atoms with Gasteiger partial charge in [0, 0.05) is 23.2 Å². The molecule has 138 valence electrons. The minimum Gasteiger partial charge on any atom is -0.481 e. The fraction of sp³-hybridized carbons (Fsp3) is 0.133. The molecule has 26 heavy (non-hydrogen) atoms. The number of sulfonamides is 1. The van der Waals surface area contributed by atoms with Crippen molar-refractivity contribution in [3.05, 3.63) is 62.1 Å². The zero-order valence-corrected chi connectivity index (χ0v) is 16.2. The Bertz CT molecular complexity index is 949. The van der Waals surface area contributed by atoms with E-state index in [1.54, 1.807) is 0 Å². The Morgan fingerprint density at radius 1 is 1.23 bits per heavy atom. The number of anilines is 1. The lowest BCUT2D eigenvalue weighted by atomic mass is 10.2. The van der Waals surface area contributed by atoms with Crippen LogP contribution < -0.4 is 4.31 Å². The van der Waals surface area contributed by atoms with Crippen molar-refractivity contribution in [1.29, 1.82) is 0 Å². The molecule has 0 unspecified atom stereocenters. The summed E-state index contributed by atoms with van der Waals surface area (Å²) >= 11 is 9.24. The standard InChI is InChI=1S/C15H12BrClN2O6S/c16-10-1-4-12(5-2-10)26(24,25)18(8-7-15(20)21)14-9-11(19(22)23)3-6-13(14)17/h1-6,9H,7-8H2,(H,20,21). The van der Waals surface area contributed by atoms with Gasteiger partial charge in [-0.2, -0.15) is 0 Å². The van der Waals surface area contributed by atoms with E-state index in [2.05, 4.69) is 15.9 Å². The van der Waals surface area contributed by atoms with Gasteiger partial charge in [0.2, 0.25) is 0 Å². The zero-order chi connectivity index (χ0) is 19.5. The van der Waals surface area contributed by atoms with E-state index in [9.17, 15) is 23.3 Å². The van der Waals surface area contributed by atoms with Gasteiger partial charge in [-0.3, -0.25) is 19.2 Å². The maximum atomic E-state index is 13.0. The number of carboxylic acids is 1. The highest BCUT2D eigenvalue weighted by molar-refractivity contribution is 9.10. The summed E-state index contributed by atoms with van der Waals surface area (Å²) in [6, 6.07) is 9.01. The second-order valence-electron chi connectivity index (χ2n) is 5.07. The van der Waals surface area contributed by atoms with Crippen LogP contribution in [-0.4, -0.2) is 31.0 Å². The lowest BCUT2D eigenvalue weighted by Gasteiger charge is -2.24. The monoisotopic (exact) mass is 462 g/mol. The number of non-ortho nitro benzene ring substituents is 1. The number of benzene rings is 2. The molecule has 0 bridgehead atoms. The fourth-order valence-corrected chi connectivity index (χ4v) is 4.12. The van der Waals surface area contributed by atoms with Crippen LogP contribution >= 0.6 is 27.5 Å². The first-order chi connectivity index (χ1) is 12.1. The number of nitrogens with zero attached hydrogens (tertiary/aromatic N) is 2. The zero-order valence-electron chi connectivity index (χ0n) is 13.0. The first-order valence-electron chi connectivity index (χ1n) is 7.07. The van der Waals surface area contributed by atoms with Crippen molar-refractivity contribution in [3.63, 3.8) is 0 Å². The molecular weight excluding hydrogens is 452 g/mol. The number of carboxylic acid groups (broad SMARTS) is 1. The van der Waals surface area contributed by atoms with E-state index in [1.165, 1.54) is 30.3 Å². The Morgan fingerprint density at radius 2 is 1.85 bits per heavy atom. The molecule has 11 heteroatoms. The van der Waals surface area contributed by atoms with E-state index < -0.39 is 33.9 Å². The Kier molecular flexibility index (Phi) is 6.21. The molecule has 0 saturated heterocycles. The summed E-state index contributed by atoms with van der Waals surface area (Å²) in [5, 5.41) is 19.9. The SMILES string of the molecule is O=C(O)CCN(c1cc([N+](=O)[O-])ccc1Cl)S(=O)(=O)c1ccc(Br)cc1. The maximum Gasteiger partial charge on any atom is 0.305 e. The highest BCUT2D eigenvalue weighted by atomic mass is 79.9. The van der Waals surface area contributed by atoms with Crippen molar-refractivity contribution >= 4 is 54.9 Å². The van der Waals surface area contributed by atoms with Crippen molar-refractivity contribution in [3.8, 4) is 0 Å². The number of hydrogen-bond acceptors (Lipinski definition) is 5. The molecule has 0 atom stereocenters. The first kappa shape index (κ1) is 20.1. The lowest BCUT2D eigenvalue weighted by Crippen LogP contribution is -2.33. The second kappa shape index (κ2) is 8.02. The number of nitro groups is 1. The van der Waals surface area contributed by atoms with E-state index in [0.717, 1.165) is 16.4 Å². The molecule has 0 radical (unpaired) electrons. The van der Waals surface area contributed by atoms with Crippen LogP contribution in [0.3, 0.4) is 0 Å². The van der Waals surface area contributed by atoms with Crippen LogP contribution in [0.5, 0.6) is 0 Å². The summed E-state index contributed by atoms with van der Waals surface area (Å²) in [5.41, 5.74) is -0.527. The van der Waals surface area contributed by atoms with Crippen LogP contribution in [0.4, 0.5) is 11.4 Å². The van der Waals surface area contributed by atoms with E-state index >= 15 is 0 Å². The molecular formula is C15H12BrClN2O6S. The number of aliphatic carboxylic acids is 1. The highest BCUT2D eigenvalue weighted by Gasteiger charge is 2.28. The van der Waals surface area contributed by atoms with Gasteiger partial charge in [-0.25, -0.2) is 8.42 Å². The van der Waals surface area contributed by atoms with Crippen LogP contribution in [0.25, 0.3) is 0 Å².